The van der Waals surface area contributed by atoms with Gasteiger partial charge in [-0.05, 0) is 74.9 Å². The van der Waals surface area contributed by atoms with E-state index in [1.807, 2.05) is 19.9 Å². The molecular formula is C24H25N3O4. The average Bonchev–Trinajstić information content (AvgIpc) is 3.19. The highest BCUT2D eigenvalue weighted by Crippen LogP contribution is 2.16. The fourth-order valence-corrected chi connectivity index (χ4v) is 3.06. The zero-order chi connectivity index (χ0) is 22.4. The van der Waals surface area contributed by atoms with Gasteiger partial charge >= 0.3 is 5.97 Å². The number of hydrogen-bond acceptors (Lipinski definition) is 5. The van der Waals surface area contributed by atoms with Gasteiger partial charge in [-0.3, -0.25) is 9.59 Å². The van der Waals surface area contributed by atoms with E-state index in [1.165, 1.54) is 0 Å². The smallest absolute Gasteiger partial charge is 0.338 e. The summed E-state index contributed by atoms with van der Waals surface area (Å²) in [5.41, 5.74) is 3.17. The van der Waals surface area contributed by atoms with E-state index in [0.29, 0.717) is 23.2 Å². The molecule has 7 heteroatoms. The van der Waals surface area contributed by atoms with Crippen molar-refractivity contribution < 1.29 is 19.1 Å². The number of benzene rings is 2. The quantitative estimate of drug-likeness (QED) is 0.433. The molecule has 0 fully saturated rings. The second kappa shape index (κ2) is 9.84. The number of carbonyl (C=O) groups is 3. The number of aromatic nitrogens is 2. The second-order valence-electron chi connectivity index (χ2n) is 7.22. The Hall–Kier alpha value is -3.74. The first-order valence-electron chi connectivity index (χ1n) is 10.1. The molecule has 3 rings (SSSR count). The summed E-state index contributed by atoms with van der Waals surface area (Å²) in [5.74, 6) is -0.964. The van der Waals surface area contributed by atoms with Gasteiger partial charge in [0, 0.05) is 29.6 Å². The lowest BCUT2D eigenvalue weighted by molar-refractivity contribution is -0.116. The van der Waals surface area contributed by atoms with Gasteiger partial charge in [0.15, 0.2) is 6.10 Å². The van der Waals surface area contributed by atoms with E-state index in [1.54, 1.807) is 66.3 Å². The molecule has 2 aromatic carbocycles. The zero-order valence-corrected chi connectivity index (χ0v) is 17.8. The highest BCUT2D eigenvalue weighted by Gasteiger charge is 2.20. The lowest BCUT2D eigenvalue weighted by Gasteiger charge is -2.13. The molecule has 0 bridgehead atoms. The van der Waals surface area contributed by atoms with Crippen molar-refractivity contribution in [1.82, 2.24) is 9.78 Å². The second-order valence-corrected chi connectivity index (χ2v) is 7.22. The third kappa shape index (κ3) is 5.45. The summed E-state index contributed by atoms with van der Waals surface area (Å²) in [4.78, 5) is 36.7. The summed E-state index contributed by atoms with van der Waals surface area (Å²) in [6, 6.07) is 15.2. The number of nitrogens with zero attached hydrogens (tertiary/aromatic N) is 2. The summed E-state index contributed by atoms with van der Waals surface area (Å²) in [7, 11) is 0. The predicted octanol–water partition coefficient (Wildman–Crippen LogP) is 4.35. The molecule has 0 saturated heterocycles. The molecule has 7 nitrogen and oxygen atoms in total. The third-order valence-corrected chi connectivity index (χ3v) is 4.76. The number of Topliss-reactive ketones (excluding diaryl/α,β-unsaturated/α-hetero) is 1. The molecule has 31 heavy (non-hydrogen) atoms. The largest absolute Gasteiger partial charge is 0.451 e. The number of anilines is 1. The van der Waals surface area contributed by atoms with Crippen molar-refractivity contribution in [2.24, 2.45) is 0 Å². The van der Waals surface area contributed by atoms with E-state index in [4.69, 9.17) is 4.74 Å². The number of ether oxygens (including phenoxy) is 1. The maximum Gasteiger partial charge on any atom is 0.338 e. The lowest BCUT2D eigenvalue weighted by atomic mass is 10.1. The molecule has 1 N–H and O–H groups in total. The number of carbonyl (C=O) groups excluding carboxylic acids is 3. The Bertz CT molecular complexity index is 1070. The van der Waals surface area contributed by atoms with E-state index in [9.17, 15) is 14.4 Å². The molecule has 0 saturated carbocycles. The van der Waals surface area contributed by atoms with Crippen LogP contribution in [0.5, 0.6) is 0 Å². The van der Waals surface area contributed by atoms with Crippen molar-refractivity contribution in [2.75, 3.05) is 5.32 Å². The SMILES string of the molecule is CCCC(=O)Nc1ccc(C(=O)[C@H](C)OC(=O)c2ccc(-n3nccc3C)cc2)cc1. The lowest BCUT2D eigenvalue weighted by Crippen LogP contribution is -2.24. The third-order valence-electron chi connectivity index (χ3n) is 4.76. The van der Waals surface area contributed by atoms with Gasteiger partial charge in [-0.2, -0.15) is 5.10 Å². The molecular weight excluding hydrogens is 394 g/mol. The standard InChI is InChI=1S/C24H25N3O4/c1-4-5-22(28)26-20-10-6-18(7-11-20)23(29)17(3)31-24(30)19-8-12-21(13-9-19)27-16(2)14-15-25-27/h6-15,17H,4-5H2,1-3H3,(H,26,28)/t17-/m0/s1. The number of rotatable bonds is 8. The average molecular weight is 419 g/mol. The Labute approximate surface area is 181 Å². The van der Waals surface area contributed by atoms with E-state index < -0.39 is 12.1 Å². The van der Waals surface area contributed by atoms with Gasteiger partial charge in [0.2, 0.25) is 11.7 Å². The molecule has 1 aromatic heterocycles. The summed E-state index contributed by atoms with van der Waals surface area (Å²) in [6.45, 7) is 5.41. The van der Waals surface area contributed by atoms with E-state index >= 15 is 0 Å². The Kier molecular flexibility index (Phi) is 6.97. The first-order valence-corrected chi connectivity index (χ1v) is 10.1. The fourth-order valence-electron chi connectivity index (χ4n) is 3.06. The van der Waals surface area contributed by atoms with Gasteiger partial charge in [-0.25, -0.2) is 9.48 Å². The predicted molar refractivity (Wildman–Crippen MR) is 117 cm³/mol. The van der Waals surface area contributed by atoms with Crippen LogP contribution < -0.4 is 5.32 Å². The van der Waals surface area contributed by atoms with Crippen molar-refractivity contribution in [3.05, 3.63) is 77.6 Å². The van der Waals surface area contributed by atoms with Crippen LogP contribution in [0.1, 0.15) is 53.1 Å². The van der Waals surface area contributed by atoms with Gasteiger partial charge in [-0.15, -0.1) is 0 Å². The molecule has 0 aliphatic heterocycles. The highest BCUT2D eigenvalue weighted by atomic mass is 16.5. The monoisotopic (exact) mass is 419 g/mol. The minimum absolute atomic E-state index is 0.0717. The number of aryl methyl sites for hydroxylation is 1. The molecule has 160 valence electrons. The Balaban J connectivity index is 1.60. The van der Waals surface area contributed by atoms with E-state index in [0.717, 1.165) is 17.8 Å². The van der Waals surface area contributed by atoms with Crippen LogP contribution in [0.15, 0.2) is 60.8 Å². The van der Waals surface area contributed by atoms with Crippen molar-refractivity contribution in [1.29, 1.82) is 0 Å². The van der Waals surface area contributed by atoms with Crippen molar-refractivity contribution >= 4 is 23.3 Å². The first-order chi connectivity index (χ1) is 14.9. The molecule has 0 aliphatic carbocycles. The van der Waals surface area contributed by atoms with Crippen LogP contribution in [-0.2, 0) is 9.53 Å². The molecule has 3 aromatic rings. The van der Waals surface area contributed by atoms with Gasteiger partial charge in [0.1, 0.15) is 0 Å². The van der Waals surface area contributed by atoms with E-state index in [-0.39, 0.29) is 11.7 Å². The van der Waals surface area contributed by atoms with Crippen LogP contribution in [0, 0.1) is 6.92 Å². The number of esters is 1. The summed E-state index contributed by atoms with van der Waals surface area (Å²) < 4.78 is 7.11. The molecule has 1 amide bonds. The van der Waals surface area contributed by atoms with Gasteiger partial charge in [0.25, 0.3) is 0 Å². The molecule has 0 spiro atoms. The van der Waals surface area contributed by atoms with Crippen LogP contribution >= 0.6 is 0 Å². The van der Waals surface area contributed by atoms with Gasteiger partial charge < -0.3 is 10.1 Å². The Morgan fingerprint density at radius 2 is 1.65 bits per heavy atom. The number of hydrogen-bond donors (Lipinski definition) is 1. The van der Waals surface area contributed by atoms with Crippen LogP contribution in [0.25, 0.3) is 5.69 Å². The summed E-state index contributed by atoms with van der Waals surface area (Å²) >= 11 is 0. The van der Waals surface area contributed by atoms with Gasteiger partial charge in [0.05, 0.1) is 11.3 Å². The molecule has 0 unspecified atom stereocenters. The highest BCUT2D eigenvalue weighted by molar-refractivity contribution is 6.02. The molecule has 1 heterocycles. The topological polar surface area (TPSA) is 90.3 Å². The van der Waals surface area contributed by atoms with Crippen molar-refractivity contribution in [3.8, 4) is 5.69 Å². The van der Waals surface area contributed by atoms with Crippen LogP contribution in [0.4, 0.5) is 5.69 Å². The number of ketones is 1. The normalized spacial score (nSPS) is 11.6. The first kappa shape index (κ1) is 22.0. The molecule has 0 radical (unpaired) electrons. The Morgan fingerprint density at radius 1 is 1.00 bits per heavy atom. The minimum Gasteiger partial charge on any atom is -0.451 e. The maximum atomic E-state index is 12.6. The van der Waals surface area contributed by atoms with Crippen LogP contribution in [-0.4, -0.2) is 33.5 Å². The summed E-state index contributed by atoms with van der Waals surface area (Å²) in [6.07, 6.45) is 1.96. The van der Waals surface area contributed by atoms with Gasteiger partial charge in [-0.1, -0.05) is 6.92 Å². The molecule has 1 atom stereocenters. The summed E-state index contributed by atoms with van der Waals surface area (Å²) in [5, 5.41) is 7.00. The zero-order valence-electron chi connectivity index (χ0n) is 17.8. The van der Waals surface area contributed by atoms with Crippen molar-refractivity contribution in [2.45, 2.75) is 39.7 Å². The van der Waals surface area contributed by atoms with Crippen LogP contribution in [0.3, 0.4) is 0 Å². The fraction of sp³-hybridized carbons (Fsp3) is 0.250. The van der Waals surface area contributed by atoms with Crippen LogP contribution in [0.2, 0.25) is 0 Å². The number of nitrogens with one attached hydrogen (secondary N) is 1. The molecule has 0 aliphatic rings. The van der Waals surface area contributed by atoms with E-state index in [2.05, 4.69) is 10.4 Å². The Morgan fingerprint density at radius 3 is 2.23 bits per heavy atom. The number of amides is 1. The minimum atomic E-state index is -0.943. The maximum absolute atomic E-state index is 12.6. The van der Waals surface area contributed by atoms with Crippen molar-refractivity contribution in [3.63, 3.8) is 0 Å².